The molecule has 148 valence electrons. The van der Waals surface area contributed by atoms with Crippen LogP contribution in [0.1, 0.15) is 36.4 Å². The summed E-state index contributed by atoms with van der Waals surface area (Å²) in [5, 5.41) is 0.950. The van der Waals surface area contributed by atoms with Gasteiger partial charge in [-0.1, -0.05) is 66.4 Å². The number of nitrogens with zero attached hydrogens (tertiary/aromatic N) is 2. The zero-order valence-electron chi connectivity index (χ0n) is 16.2. The van der Waals surface area contributed by atoms with Gasteiger partial charge in [-0.3, -0.25) is 0 Å². The molecule has 0 unspecified atom stereocenters. The Bertz CT molecular complexity index is 934. The third kappa shape index (κ3) is 4.98. The van der Waals surface area contributed by atoms with Crippen LogP contribution >= 0.6 is 11.8 Å². The number of benzene rings is 2. The minimum absolute atomic E-state index is 0.00747. The van der Waals surface area contributed by atoms with Crippen LogP contribution in [0.4, 0.5) is 4.79 Å². The highest BCUT2D eigenvalue weighted by Crippen LogP contribution is 2.38. The SMILES string of the molecule is O=C(OCc1ccccc1)N1CCCC[C@H]1c1cccnc1Sc1ccccc1. The van der Waals surface area contributed by atoms with Crippen molar-refractivity contribution in [3.8, 4) is 0 Å². The molecule has 0 bridgehead atoms. The van der Waals surface area contributed by atoms with Crippen molar-refractivity contribution >= 4 is 17.9 Å². The van der Waals surface area contributed by atoms with E-state index in [-0.39, 0.29) is 12.1 Å². The van der Waals surface area contributed by atoms with Crippen molar-refractivity contribution < 1.29 is 9.53 Å². The van der Waals surface area contributed by atoms with E-state index in [1.807, 2.05) is 65.7 Å². The number of hydrogen-bond donors (Lipinski definition) is 0. The maximum atomic E-state index is 12.9. The highest BCUT2D eigenvalue weighted by Gasteiger charge is 2.31. The van der Waals surface area contributed by atoms with Crippen molar-refractivity contribution in [2.45, 2.75) is 41.8 Å². The summed E-state index contributed by atoms with van der Waals surface area (Å²) in [6.07, 6.45) is 4.58. The molecule has 1 fully saturated rings. The van der Waals surface area contributed by atoms with Crippen LogP contribution in [-0.4, -0.2) is 22.5 Å². The number of amides is 1. The van der Waals surface area contributed by atoms with Crippen LogP contribution < -0.4 is 0 Å². The topological polar surface area (TPSA) is 42.4 Å². The fourth-order valence-corrected chi connectivity index (χ4v) is 4.57. The standard InChI is InChI=1S/C24H24N2O2S/c27-24(28-18-19-10-3-1-4-11-19)26-17-8-7-15-22(26)21-14-9-16-25-23(21)29-20-12-5-2-6-13-20/h1-6,9-14,16,22H,7-8,15,17-18H2/t22-/m0/s1. The van der Waals surface area contributed by atoms with Gasteiger partial charge in [-0.05, 0) is 43.0 Å². The predicted octanol–water partition coefficient (Wildman–Crippen LogP) is 6.10. The van der Waals surface area contributed by atoms with Gasteiger partial charge < -0.3 is 9.64 Å². The summed E-state index contributed by atoms with van der Waals surface area (Å²) < 4.78 is 5.64. The summed E-state index contributed by atoms with van der Waals surface area (Å²) in [6.45, 7) is 1.00. The van der Waals surface area contributed by atoms with Crippen LogP contribution in [-0.2, 0) is 11.3 Å². The molecule has 3 aromatic rings. The van der Waals surface area contributed by atoms with Crippen LogP contribution in [0.3, 0.4) is 0 Å². The number of likely N-dealkylation sites (tertiary alicyclic amines) is 1. The van der Waals surface area contributed by atoms with E-state index in [1.165, 1.54) is 0 Å². The van der Waals surface area contributed by atoms with E-state index >= 15 is 0 Å². The van der Waals surface area contributed by atoms with Crippen molar-refractivity contribution in [2.75, 3.05) is 6.54 Å². The highest BCUT2D eigenvalue weighted by atomic mass is 32.2. The number of carbonyl (C=O) groups is 1. The molecule has 5 heteroatoms. The van der Waals surface area contributed by atoms with E-state index in [2.05, 4.69) is 23.2 Å². The van der Waals surface area contributed by atoms with Crippen LogP contribution in [0.25, 0.3) is 0 Å². The lowest BCUT2D eigenvalue weighted by Crippen LogP contribution is -2.39. The largest absolute Gasteiger partial charge is 0.445 e. The molecule has 2 aromatic carbocycles. The molecule has 4 nitrogen and oxygen atoms in total. The van der Waals surface area contributed by atoms with E-state index in [0.29, 0.717) is 13.2 Å². The normalized spacial score (nSPS) is 16.4. The fourth-order valence-electron chi connectivity index (χ4n) is 3.62. The fraction of sp³-hybridized carbons (Fsp3) is 0.250. The van der Waals surface area contributed by atoms with Crippen molar-refractivity contribution in [3.05, 3.63) is 90.1 Å². The molecule has 0 radical (unpaired) electrons. The van der Waals surface area contributed by atoms with Crippen LogP contribution in [0.2, 0.25) is 0 Å². The minimum atomic E-state index is -0.252. The molecule has 0 N–H and O–H groups in total. The van der Waals surface area contributed by atoms with Crippen molar-refractivity contribution in [1.29, 1.82) is 0 Å². The van der Waals surface area contributed by atoms with E-state index in [1.54, 1.807) is 11.8 Å². The first-order valence-electron chi connectivity index (χ1n) is 9.96. The number of hydrogen-bond acceptors (Lipinski definition) is 4. The lowest BCUT2D eigenvalue weighted by molar-refractivity contribution is 0.0672. The van der Waals surface area contributed by atoms with E-state index in [4.69, 9.17) is 4.74 Å². The zero-order chi connectivity index (χ0) is 19.9. The molecule has 1 aromatic heterocycles. The average Bonchev–Trinajstić information content (AvgIpc) is 2.79. The molecule has 0 aliphatic carbocycles. The number of carbonyl (C=O) groups excluding carboxylic acids is 1. The van der Waals surface area contributed by atoms with Gasteiger partial charge in [-0.15, -0.1) is 0 Å². The van der Waals surface area contributed by atoms with Crippen molar-refractivity contribution in [1.82, 2.24) is 9.88 Å². The van der Waals surface area contributed by atoms with Gasteiger partial charge in [-0.25, -0.2) is 9.78 Å². The van der Waals surface area contributed by atoms with Gasteiger partial charge in [0.2, 0.25) is 0 Å². The second-order valence-corrected chi connectivity index (χ2v) is 8.12. The van der Waals surface area contributed by atoms with Crippen LogP contribution in [0, 0.1) is 0 Å². The second-order valence-electron chi connectivity index (χ2n) is 7.06. The summed E-state index contributed by atoms with van der Waals surface area (Å²) in [4.78, 5) is 20.5. The lowest BCUT2D eigenvalue weighted by Gasteiger charge is -2.35. The van der Waals surface area contributed by atoms with Crippen LogP contribution in [0.15, 0.2) is 88.9 Å². The maximum absolute atomic E-state index is 12.9. The van der Waals surface area contributed by atoms with E-state index in [0.717, 1.165) is 40.3 Å². The van der Waals surface area contributed by atoms with Gasteiger partial charge in [-0.2, -0.15) is 0 Å². The number of ether oxygens (including phenoxy) is 1. The lowest BCUT2D eigenvalue weighted by atomic mass is 9.97. The molecule has 29 heavy (non-hydrogen) atoms. The highest BCUT2D eigenvalue weighted by molar-refractivity contribution is 7.99. The number of piperidine rings is 1. The van der Waals surface area contributed by atoms with Gasteiger partial charge in [0, 0.05) is 23.2 Å². The summed E-state index contributed by atoms with van der Waals surface area (Å²) in [5.74, 6) is 0. The summed E-state index contributed by atoms with van der Waals surface area (Å²) in [7, 11) is 0. The Labute approximate surface area is 175 Å². The average molecular weight is 405 g/mol. The predicted molar refractivity (Wildman–Crippen MR) is 115 cm³/mol. The van der Waals surface area contributed by atoms with Gasteiger partial charge >= 0.3 is 6.09 Å². The third-order valence-electron chi connectivity index (χ3n) is 5.06. The zero-order valence-corrected chi connectivity index (χ0v) is 17.1. The minimum Gasteiger partial charge on any atom is -0.445 e. The Morgan fingerprint density at radius 3 is 2.55 bits per heavy atom. The molecule has 1 amide bonds. The van der Waals surface area contributed by atoms with Crippen LogP contribution in [0.5, 0.6) is 0 Å². The van der Waals surface area contributed by atoms with Gasteiger partial charge in [0.1, 0.15) is 11.6 Å². The number of pyridine rings is 1. The van der Waals surface area contributed by atoms with Gasteiger partial charge in [0.25, 0.3) is 0 Å². The van der Waals surface area contributed by atoms with Gasteiger partial charge in [0.05, 0.1) is 6.04 Å². The molecular formula is C24H24N2O2S. The van der Waals surface area contributed by atoms with E-state index in [9.17, 15) is 4.79 Å². The summed E-state index contributed by atoms with van der Waals surface area (Å²) in [5.41, 5.74) is 2.09. The first kappa shape index (κ1) is 19.5. The Balaban J connectivity index is 1.52. The molecule has 0 saturated carbocycles. The smallest absolute Gasteiger partial charge is 0.410 e. The summed E-state index contributed by atoms with van der Waals surface area (Å²) >= 11 is 1.64. The first-order chi connectivity index (χ1) is 14.3. The van der Waals surface area contributed by atoms with Gasteiger partial charge in [0.15, 0.2) is 0 Å². The Kier molecular flexibility index (Phi) is 6.47. The van der Waals surface area contributed by atoms with E-state index < -0.39 is 0 Å². The molecule has 2 heterocycles. The Hall–Kier alpha value is -2.79. The Morgan fingerprint density at radius 2 is 1.76 bits per heavy atom. The first-order valence-corrected chi connectivity index (χ1v) is 10.8. The number of aromatic nitrogens is 1. The Morgan fingerprint density at radius 1 is 1.00 bits per heavy atom. The molecular weight excluding hydrogens is 380 g/mol. The molecule has 1 atom stereocenters. The maximum Gasteiger partial charge on any atom is 0.410 e. The third-order valence-corrected chi connectivity index (χ3v) is 6.10. The number of rotatable bonds is 5. The molecule has 1 saturated heterocycles. The monoisotopic (exact) mass is 404 g/mol. The quantitative estimate of drug-likeness (QED) is 0.515. The molecule has 1 aliphatic rings. The second kappa shape index (κ2) is 9.61. The summed E-state index contributed by atoms with van der Waals surface area (Å²) in [6, 6.07) is 24.1. The molecule has 4 rings (SSSR count). The van der Waals surface area contributed by atoms with Crippen molar-refractivity contribution in [2.24, 2.45) is 0 Å². The molecule has 1 aliphatic heterocycles. The van der Waals surface area contributed by atoms with Crippen molar-refractivity contribution in [3.63, 3.8) is 0 Å². The molecule has 0 spiro atoms.